The number of carboxylic acid groups (broad SMARTS) is 1. The molecule has 0 aliphatic carbocycles. The maximum absolute atomic E-state index is 11.3. The van der Waals surface area contributed by atoms with E-state index in [1.165, 1.54) is 6.92 Å². The maximum atomic E-state index is 11.3. The van der Waals surface area contributed by atoms with Gasteiger partial charge in [-0.2, -0.15) is 0 Å². The summed E-state index contributed by atoms with van der Waals surface area (Å²) >= 11 is 0. The van der Waals surface area contributed by atoms with Crippen molar-refractivity contribution in [2.45, 2.75) is 26.4 Å². The van der Waals surface area contributed by atoms with Gasteiger partial charge in [0.1, 0.15) is 6.04 Å². The minimum Gasteiger partial charge on any atom is -0.480 e. The zero-order valence-corrected chi connectivity index (χ0v) is 9.73. The van der Waals surface area contributed by atoms with Crippen molar-refractivity contribution >= 4 is 12.0 Å². The van der Waals surface area contributed by atoms with Crippen LogP contribution in [0.3, 0.4) is 0 Å². The van der Waals surface area contributed by atoms with E-state index in [1.807, 2.05) is 13.0 Å². The van der Waals surface area contributed by atoms with E-state index >= 15 is 0 Å². The van der Waals surface area contributed by atoms with E-state index in [0.717, 1.165) is 11.1 Å². The number of pyridine rings is 1. The number of carbonyl (C=O) groups is 2. The number of hydrogen-bond acceptors (Lipinski definition) is 3. The molecule has 0 unspecified atom stereocenters. The Morgan fingerprint density at radius 1 is 1.53 bits per heavy atom. The van der Waals surface area contributed by atoms with Crippen molar-refractivity contribution in [3.63, 3.8) is 0 Å². The summed E-state index contributed by atoms with van der Waals surface area (Å²) in [5.74, 6) is -1.07. The molecule has 0 bridgehead atoms. The number of carbonyl (C=O) groups excluding carboxylic acids is 1. The molecule has 1 atom stereocenters. The van der Waals surface area contributed by atoms with Crippen LogP contribution in [0.2, 0.25) is 0 Å². The Morgan fingerprint density at radius 2 is 2.24 bits per heavy atom. The summed E-state index contributed by atoms with van der Waals surface area (Å²) in [5.41, 5.74) is 1.91. The fraction of sp³-hybridized carbons (Fsp3) is 0.364. The van der Waals surface area contributed by atoms with E-state index < -0.39 is 18.0 Å². The predicted octanol–water partition coefficient (Wildman–Crippen LogP) is 0.662. The molecule has 0 spiro atoms. The molecule has 6 heteroatoms. The Morgan fingerprint density at radius 3 is 2.82 bits per heavy atom. The number of carboxylic acids is 1. The van der Waals surface area contributed by atoms with Crippen LogP contribution in [0.15, 0.2) is 18.5 Å². The SMILES string of the molecule is Cc1ccncc1CNC(=O)N[C@H](C)C(=O)O. The van der Waals surface area contributed by atoms with Crippen molar-refractivity contribution in [3.8, 4) is 0 Å². The molecule has 3 N–H and O–H groups in total. The van der Waals surface area contributed by atoms with E-state index in [9.17, 15) is 9.59 Å². The molecule has 1 aromatic heterocycles. The summed E-state index contributed by atoms with van der Waals surface area (Å²) in [7, 11) is 0. The van der Waals surface area contributed by atoms with Gasteiger partial charge in [0, 0.05) is 18.9 Å². The fourth-order valence-electron chi connectivity index (χ4n) is 1.17. The van der Waals surface area contributed by atoms with Crippen LogP contribution in [0.25, 0.3) is 0 Å². The van der Waals surface area contributed by atoms with Crippen molar-refractivity contribution in [2.24, 2.45) is 0 Å². The van der Waals surface area contributed by atoms with E-state index in [4.69, 9.17) is 5.11 Å². The van der Waals surface area contributed by atoms with Crippen molar-refractivity contribution in [3.05, 3.63) is 29.6 Å². The molecule has 0 aliphatic rings. The van der Waals surface area contributed by atoms with Crippen LogP contribution in [0.4, 0.5) is 4.79 Å². The zero-order chi connectivity index (χ0) is 12.8. The van der Waals surface area contributed by atoms with E-state index in [2.05, 4.69) is 15.6 Å². The van der Waals surface area contributed by atoms with Crippen molar-refractivity contribution < 1.29 is 14.7 Å². The van der Waals surface area contributed by atoms with Crippen molar-refractivity contribution in [1.82, 2.24) is 15.6 Å². The van der Waals surface area contributed by atoms with Gasteiger partial charge in [-0.05, 0) is 31.0 Å². The van der Waals surface area contributed by atoms with Crippen LogP contribution in [0.5, 0.6) is 0 Å². The second-order valence-corrected chi connectivity index (χ2v) is 3.69. The Kier molecular flexibility index (Phi) is 4.45. The Bertz CT molecular complexity index is 420. The average molecular weight is 237 g/mol. The standard InChI is InChI=1S/C11H15N3O3/c1-7-3-4-12-5-9(7)6-13-11(17)14-8(2)10(15)16/h3-5,8H,6H2,1-2H3,(H,15,16)(H2,13,14,17)/t8-/m1/s1. The highest BCUT2D eigenvalue weighted by atomic mass is 16.4. The van der Waals surface area contributed by atoms with Gasteiger partial charge >= 0.3 is 12.0 Å². The summed E-state index contributed by atoms with van der Waals surface area (Å²) in [6.45, 7) is 3.63. The Labute approximate surface area is 99.1 Å². The minimum absolute atomic E-state index is 0.317. The monoisotopic (exact) mass is 237 g/mol. The average Bonchev–Trinajstić information content (AvgIpc) is 2.27. The molecular formula is C11H15N3O3. The largest absolute Gasteiger partial charge is 0.480 e. The zero-order valence-electron chi connectivity index (χ0n) is 9.73. The molecule has 92 valence electrons. The molecule has 0 fully saturated rings. The molecule has 17 heavy (non-hydrogen) atoms. The van der Waals surface area contributed by atoms with E-state index in [0.29, 0.717) is 6.54 Å². The number of aryl methyl sites for hydroxylation is 1. The molecule has 6 nitrogen and oxygen atoms in total. The maximum Gasteiger partial charge on any atom is 0.325 e. The Hall–Kier alpha value is -2.11. The lowest BCUT2D eigenvalue weighted by Gasteiger charge is -2.11. The first-order chi connectivity index (χ1) is 8.00. The van der Waals surface area contributed by atoms with Gasteiger partial charge in [-0.25, -0.2) is 4.79 Å². The summed E-state index contributed by atoms with van der Waals surface area (Å²) in [6, 6.07) is 0.419. The van der Waals surface area contributed by atoms with Gasteiger partial charge in [0.15, 0.2) is 0 Å². The molecule has 1 heterocycles. The predicted molar refractivity (Wildman–Crippen MR) is 61.4 cm³/mol. The number of nitrogens with one attached hydrogen (secondary N) is 2. The van der Waals surface area contributed by atoms with Crippen molar-refractivity contribution in [2.75, 3.05) is 0 Å². The van der Waals surface area contributed by atoms with E-state index in [-0.39, 0.29) is 0 Å². The van der Waals surface area contributed by atoms with Crippen LogP contribution >= 0.6 is 0 Å². The first-order valence-corrected chi connectivity index (χ1v) is 5.17. The smallest absolute Gasteiger partial charge is 0.325 e. The first kappa shape index (κ1) is 13.0. The molecule has 0 saturated carbocycles. The third-order valence-corrected chi connectivity index (χ3v) is 2.30. The third-order valence-electron chi connectivity index (χ3n) is 2.30. The summed E-state index contributed by atoms with van der Waals surface area (Å²) in [5, 5.41) is 13.5. The topological polar surface area (TPSA) is 91.3 Å². The quantitative estimate of drug-likeness (QED) is 0.717. The molecule has 0 radical (unpaired) electrons. The van der Waals surface area contributed by atoms with Crippen LogP contribution in [-0.4, -0.2) is 28.1 Å². The van der Waals surface area contributed by atoms with E-state index in [1.54, 1.807) is 12.4 Å². The van der Waals surface area contributed by atoms with Gasteiger partial charge in [0.2, 0.25) is 0 Å². The minimum atomic E-state index is -1.07. The van der Waals surface area contributed by atoms with Gasteiger partial charge in [0.05, 0.1) is 0 Å². The van der Waals surface area contributed by atoms with Gasteiger partial charge < -0.3 is 15.7 Å². The van der Waals surface area contributed by atoms with Crippen LogP contribution in [-0.2, 0) is 11.3 Å². The number of amides is 2. The molecular weight excluding hydrogens is 222 g/mol. The molecule has 0 aliphatic heterocycles. The van der Waals surface area contributed by atoms with Gasteiger partial charge in [-0.15, -0.1) is 0 Å². The number of hydrogen-bond donors (Lipinski definition) is 3. The van der Waals surface area contributed by atoms with Crippen LogP contribution in [0.1, 0.15) is 18.1 Å². The lowest BCUT2D eigenvalue weighted by Crippen LogP contribution is -2.44. The molecule has 1 aromatic rings. The highest BCUT2D eigenvalue weighted by molar-refractivity contribution is 5.82. The van der Waals surface area contributed by atoms with Crippen LogP contribution < -0.4 is 10.6 Å². The van der Waals surface area contributed by atoms with Gasteiger partial charge in [0.25, 0.3) is 0 Å². The number of rotatable bonds is 4. The van der Waals surface area contributed by atoms with Gasteiger partial charge in [-0.1, -0.05) is 0 Å². The highest BCUT2D eigenvalue weighted by Crippen LogP contribution is 2.03. The number of aromatic nitrogens is 1. The summed E-state index contributed by atoms with van der Waals surface area (Å²) < 4.78 is 0. The summed E-state index contributed by atoms with van der Waals surface area (Å²) in [4.78, 5) is 25.8. The second-order valence-electron chi connectivity index (χ2n) is 3.69. The molecule has 2 amide bonds. The molecule has 0 saturated heterocycles. The number of urea groups is 1. The number of nitrogens with zero attached hydrogens (tertiary/aromatic N) is 1. The lowest BCUT2D eigenvalue weighted by molar-refractivity contribution is -0.138. The molecule has 1 rings (SSSR count). The highest BCUT2D eigenvalue weighted by Gasteiger charge is 2.13. The third kappa shape index (κ3) is 4.10. The molecule has 0 aromatic carbocycles. The second kappa shape index (κ2) is 5.83. The van der Waals surface area contributed by atoms with Crippen LogP contribution in [0, 0.1) is 6.92 Å². The van der Waals surface area contributed by atoms with Gasteiger partial charge in [-0.3, -0.25) is 9.78 Å². The first-order valence-electron chi connectivity index (χ1n) is 5.17. The fourth-order valence-corrected chi connectivity index (χ4v) is 1.17. The lowest BCUT2D eigenvalue weighted by atomic mass is 10.2. The number of aliphatic carboxylic acids is 1. The van der Waals surface area contributed by atoms with Crippen molar-refractivity contribution in [1.29, 1.82) is 0 Å². The summed E-state index contributed by atoms with van der Waals surface area (Å²) in [6.07, 6.45) is 3.33. The normalized spacial score (nSPS) is 11.6. The Balaban J connectivity index is 2.44.